The highest BCUT2D eigenvalue weighted by molar-refractivity contribution is 5.95. The number of pyridine rings is 2. The summed E-state index contributed by atoms with van der Waals surface area (Å²) in [6.07, 6.45) is 7.85. The average molecular weight is 400 g/mol. The first-order valence-electron chi connectivity index (χ1n) is 8.82. The number of allylic oxidation sites excluding steroid dienone is 3. The van der Waals surface area contributed by atoms with E-state index in [1.54, 1.807) is 47.8 Å². The van der Waals surface area contributed by atoms with E-state index >= 15 is 0 Å². The number of nitrogens with one attached hydrogen (secondary N) is 3. The van der Waals surface area contributed by atoms with Crippen molar-refractivity contribution >= 4 is 5.91 Å². The molecule has 0 radical (unpaired) electrons. The van der Waals surface area contributed by atoms with Crippen molar-refractivity contribution in [3.8, 4) is 0 Å². The van der Waals surface area contributed by atoms with Crippen LogP contribution in [-0.4, -0.2) is 22.0 Å². The van der Waals surface area contributed by atoms with Crippen LogP contribution in [0.25, 0.3) is 0 Å². The van der Waals surface area contributed by atoms with E-state index in [2.05, 4.69) is 20.6 Å². The molecule has 0 saturated heterocycles. The summed E-state index contributed by atoms with van der Waals surface area (Å²) in [5.74, 6) is -0.849. The second-order valence-corrected chi connectivity index (χ2v) is 6.49. The minimum Gasteiger partial charge on any atom is -0.355 e. The van der Waals surface area contributed by atoms with Gasteiger partial charge in [0.2, 0.25) is 0 Å². The summed E-state index contributed by atoms with van der Waals surface area (Å²) in [6.45, 7) is 0. The molecule has 9 heteroatoms. The maximum Gasteiger partial charge on any atom is 0.412 e. The molecule has 2 atom stereocenters. The lowest BCUT2D eigenvalue weighted by Gasteiger charge is -2.24. The van der Waals surface area contributed by atoms with E-state index in [9.17, 15) is 18.0 Å². The van der Waals surface area contributed by atoms with Gasteiger partial charge in [-0.1, -0.05) is 12.1 Å². The van der Waals surface area contributed by atoms with Gasteiger partial charge in [-0.25, -0.2) is 4.98 Å². The number of H-pyrrole nitrogens is 1. The van der Waals surface area contributed by atoms with E-state index in [0.29, 0.717) is 5.70 Å². The number of aromatic nitrogens is 2. The maximum atomic E-state index is 13.6. The van der Waals surface area contributed by atoms with Crippen LogP contribution in [0.5, 0.6) is 0 Å². The Morgan fingerprint density at radius 3 is 2.83 bits per heavy atom. The summed E-state index contributed by atoms with van der Waals surface area (Å²) < 4.78 is 40.8. The molecule has 0 aromatic carbocycles. The number of carbonyl (C=O) groups excluding carboxylic acids is 1. The molecule has 2 aromatic rings. The Labute approximate surface area is 164 Å². The van der Waals surface area contributed by atoms with Crippen molar-refractivity contribution in [1.82, 2.24) is 20.5 Å². The van der Waals surface area contributed by atoms with Crippen LogP contribution in [0.15, 0.2) is 84.9 Å². The number of halogens is 3. The van der Waals surface area contributed by atoms with Crippen molar-refractivity contribution < 1.29 is 22.9 Å². The van der Waals surface area contributed by atoms with Gasteiger partial charge in [0.25, 0.3) is 5.91 Å². The number of carbonyl (C=O) groups is 1. The number of amides is 1. The molecule has 29 heavy (non-hydrogen) atoms. The van der Waals surface area contributed by atoms with Crippen LogP contribution in [0.2, 0.25) is 0 Å². The molecule has 0 bridgehead atoms. The predicted molar refractivity (Wildman–Crippen MR) is 97.2 cm³/mol. The lowest BCUT2D eigenvalue weighted by Crippen LogP contribution is -2.41. The molecule has 2 aliphatic rings. The molecule has 148 valence electrons. The number of hydrogen-bond acceptors (Lipinski definition) is 4. The molecule has 2 aliphatic heterocycles. The molecular weight excluding hydrogens is 383 g/mol. The molecular formula is C20H17F3N5O+. The topological polar surface area (TPSA) is 71.4 Å². The van der Waals surface area contributed by atoms with Crippen molar-refractivity contribution in [2.24, 2.45) is 0 Å². The lowest BCUT2D eigenvalue weighted by atomic mass is 10.1. The van der Waals surface area contributed by atoms with Gasteiger partial charge >= 0.3 is 6.18 Å². The van der Waals surface area contributed by atoms with Crippen LogP contribution in [0.3, 0.4) is 0 Å². The Hall–Kier alpha value is -3.62. The highest BCUT2D eigenvalue weighted by Gasteiger charge is 2.44. The normalized spacial score (nSPS) is 19.0. The van der Waals surface area contributed by atoms with Gasteiger partial charge < -0.3 is 15.5 Å². The molecule has 0 spiro atoms. The second-order valence-electron chi connectivity index (χ2n) is 6.49. The number of aromatic amines is 1. The summed E-state index contributed by atoms with van der Waals surface area (Å²) in [4.78, 5) is 21.4. The zero-order chi connectivity index (χ0) is 20.4. The molecule has 4 heterocycles. The third-order valence-electron chi connectivity index (χ3n) is 4.60. The SMILES string of the molecule is O=C(NC(c1cccnc1)C(F)(F)F)C1=C2C=CC=CN2C(c2ccc[nH+]c2)N1. The fourth-order valence-electron chi connectivity index (χ4n) is 3.28. The second kappa shape index (κ2) is 7.42. The van der Waals surface area contributed by atoms with Gasteiger partial charge in [0.15, 0.2) is 18.4 Å². The third-order valence-corrected chi connectivity index (χ3v) is 4.60. The third kappa shape index (κ3) is 3.71. The van der Waals surface area contributed by atoms with Crippen molar-refractivity contribution in [2.75, 3.05) is 0 Å². The highest BCUT2D eigenvalue weighted by atomic mass is 19.4. The number of nitrogens with zero attached hydrogens (tertiary/aromatic N) is 2. The van der Waals surface area contributed by atoms with Gasteiger partial charge in [0.05, 0.1) is 11.3 Å². The zero-order valence-corrected chi connectivity index (χ0v) is 15.0. The Bertz CT molecular complexity index is 986. The number of alkyl halides is 3. The predicted octanol–water partition coefficient (Wildman–Crippen LogP) is 2.51. The smallest absolute Gasteiger partial charge is 0.355 e. The van der Waals surface area contributed by atoms with E-state index in [1.807, 2.05) is 6.07 Å². The van der Waals surface area contributed by atoms with E-state index in [1.165, 1.54) is 18.3 Å². The minimum absolute atomic E-state index is 0.0672. The van der Waals surface area contributed by atoms with Crippen LogP contribution >= 0.6 is 0 Å². The van der Waals surface area contributed by atoms with Crippen molar-refractivity contribution in [3.63, 3.8) is 0 Å². The average Bonchev–Trinajstić information content (AvgIpc) is 3.12. The Morgan fingerprint density at radius 2 is 2.14 bits per heavy atom. The Kier molecular flexibility index (Phi) is 4.79. The van der Waals surface area contributed by atoms with Crippen LogP contribution in [0, 0.1) is 0 Å². The molecule has 0 saturated carbocycles. The summed E-state index contributed by atoms with van der Waals surface area (Å²) in [5, 5.41) is 5.15. The fourth-order valence-corrected chi connectivity index (χ4v) is 3.28. The number of hydrogen-bond donors (Lipinski definition) is 2. The first kappa shape index (κ1) is 18.7. The summed E-state index contributed by atoms with van der Waals surface area (Å²) in [7, 11) is 0. The van der Waals surface area contributed by atoms with Crippen molar-refractivity contribution in [1.29, 1.82) is 0 Å². The Balaban J connectivity index is 1.63. The summed E-state index contributed by atoms with van der Waals surface area (Å²) in [5.41, 5.74) is 1.25. The summed E-state index contributed by atoms with van der Waals surface area (Å²) >= 11 is 0. The number of rotatable bonds is 4. The van der Waals surface area contributed by atoms with Crippen molar-refractivity contribution in [3.05, 3.63) is 96.0 Å². The molecule has 0 fully saturated rings. The van der Waals surface area contributed by atoms with Gasteiger partial charge in [-0.3, -0.25) is 9.78 Å². The summed E-state index contributed by atoms with van der Waals surface area (Å²) in [6, 6.07) is 4.17. The van der Waals surface area contributed by atoms with E-state index in [0.717, 1.165) is 11.8 Å². The van der Waals surface area contributed by atoms with Crippen LogP contribution in [-0.2, 0) is 4.79 Å². The molecule has 2 unspecified atom stereocenters. The first-order valence-corrected chi connectivity index (χ1v) is 8.82. The highest BCUT2D eigenvalue weighted by Crippen LogP contribution is 2.35. The molecule has 0 aliphatic carbocycles. The van der Waals surface area contributed by atoms with Gasteiger partial charge in [0, 0.05) is 30.2 Å². The van der Waals surface area contributed by atoms with E-state index < -0.39 is 24.3 Å². The van der Waals surface area contributed by atoms with Crippen LogP contribution in [0.1, 0.15) is 23.3 Å². The molecule has 6 nitrogen and oxygen atoms in total. The van der Waals surface area contributed by atoms with Gasteiger partial charge in [-0.05, 0) is 24.3 Å². The van der Waals surface area contributed by atoms with Crippen LogP contribution < -0.4 is 15.6 Å². The molecule has 4 rings (SSSR count). The monoisotopic (exact) mass is 400 g/mol. The van der Waals surface area contributed by atoms with Crippen LogP contribution in [0.4, 0.5) is 13.2 Å². The molecule has 3 N–H and O–H groups in total. The van der Waals surface area contributed by atoms with Gasteiger partial charge in [-0.2, -0.15) is 13.2 Å². The largest absolute Gasteiger partial charge is 0.412 e. The molecule has 2 aromatic heterocycles. The number of fused-ring (bicyclic) bond motifs is 1. The van der Waals surface area contributed by atoms with Crippen molar-refractivity contribution in [2.45, 2.75) is 18.4 Å². The minimum atomic E-state index is -4.67. The standard InChI is InChI=1S/C20H16F3N5O/c21-20(22,23)17(13-5-3-8-24-11-13)27-19(29)16-15-7-1-2-10-28(15)18(26-16)14-6-4-9-25-12-14/h1-12,17-18,26H,(H,27,29)/p+1. The van der Waals surface area contributed by atoms with Gasteiger partial charge in [-0.15, -0.1) is 0 Å². The lowest BCUT2D eigenvalue weighted by molar-refractivity contribution is -0.379. The quantitative estimate of drug-likeness (QED) is 0.828. The van der Waals surface area contributed by atoms with E-state index in [4.69, 9.17) is 0 Å². The Morgan fingerprint density at radius 1 is 1.28 bits per heavy atom. The maximum absolute atomic E-state index is 13.6. The fraction of sp³-hybridized carbons (Fsp3) is 0.150. The zero-order valence-electron chi connectivity index (χ0n) is 15.0. The molecule has 1 amide bonds. The first-order chi connectivity index (χ1) is 13.9. The van der Waals surface area contributed by atoms with E-state index in [-0.39, 0.29) is 11.3 Å². The van der Waals surface area contributed by atoms with Gasteiger partial charge in [0.1, 0.15) is 11.9 Å².